The molecule has 1 heterocycles. The lowest BCUT2D eigenvalue weighted by Gasteiger charge is -2.17. The van der Waals surface area contributed by atoms with E-state index >= 15 is 0 Å². The van der Waals surface area contributed by atoms with Gasteiger partial charge in [-0.15, -0.1) is 0 Å². The molecule has 0 amide bonds. The molecule has 142 valence electrons. The van der Waals surface area contributed by atoms with Crippen LogP contribution in [0.25, 0.3) is 0 Å². The van der Waals surface area contributed by atoms with Gasteiger partial charge >= 0.3 is 12.1 Å². The molecule has 1 aliphatic heterocycles. The lowest BCUT2D eigenvalue weighted by Crippen LogP contribution is -2.09. The smallest absolute Gasteiger partial charge is 0.416 e. The number of fused-ring (bicyclic) bond motifs is 2. The molecule has 7 heteroatoms. The highest BCUT2D eigenvalue weighted by Crippen LogP contribution is 2.43. The number of halogens is 3. The number of rotatable bonds is 4. The molecule has 0 bridgehead atoms. The molecule has 1 aliphatic carbocycles. The Balaban J connectivity index is 1.55. The zero-order valence-corrected chi connectivity index (χ0v) is 14.3. The maximum atomic E-state index is 13.2. The first kappa shape index (κ1) is 17.7. The van der Waals surface area contributed by atoms with E-state index in [9.17, 15) is 18.0 Å². The molecule has 0 aromatic heterocycles. The molecule has 1 N–H and O–H groups in total. The number of carboxylic acid groups (broad SMARTS) is 1. The molecule has 0 radical (unpaired) electrons. The standard InChI is InChI=1S/C20H17F3O4/c21-20(22,23)16-3-1-2-15-14(16)6-7-17(15)27-12-4-5-13-11(8-19(24)25)10-26-18(13)9-12/h1-5,9,11,17H,6-8,10H2,(H,24,25)/t11-,17-/m1/s1. The number of hydrogen-bond donors (Lipinski definition) is 1. The maximum absolute atomic E-state index is 13.2. The van der Waals surface area contributed by atoms with Gasteiger partial charge in [0.1, 0.15) is 17.6 Å². The minimum absolute atomic E-state index is 0.0105. The summed E-state index contributed by atoms with van der Waals surface area (Å²) in [5.74, 6) is -0.0195. The molecule has 2 atom stereocenters. The molecule has 0 saturated heterocycles. The fourth-order valence-electron chi connectivity index (χ4n) is 3.88. The van der Waals surface area contributed by atoms with E-state index in [1.807, 2.05) is 0 Å². The first-order valence-electron chi connectivity index (χ1n) is 8.67. The van der Waals surface area contributed by atoms with Crippen molar-refractivity contribution in [3.8, 4) is 11.5 Å². The summed E-state index contributed by atoms with van der Waals surface area (Å²) in [6.07, 6.45) is -4.04. The third-order valence-electron chi connectivity index (χ3n) is 5.09. The van der Waals surface area contributed by atoms with Crippen molar-refractivity contribution in [1.82, 2.24) is 0 Å². The molecule has 0 saturated carbocycles. The van der Waals surface area contributed by atoms with Crippen LogP contribution in [0.15, 0.2) is 36.4 Å². The van der Waals surface area contributed by atoms with E-state index in [4.69, 9.17) is 14.6 Å². The Morgan fingerprint density at radius 3 is 2.78 bits per heavy atom. The van der Waals surface area contributed by atoms with Crippen molar-refractivity contribution in [3.05, 3.63) is 58.7 Å². The van der Waals surface area contributed by atoms with Crippen LogP contribution in [0.4, 0.5) is 13.2 Å². The average molecular weight is 378 g/mol. The van der Waals surface area contributed by atoms with Crippen molar-refractivity contribution in [1.29, 1.82) is 0 Å². The summed E-state index contributed by atoms with van der Waals surface area (Å²) >= 11 is 0. The van der Waals surface area contributed by atoms with Crippen molar-refractivity contribution < 1.29 is 32.5 Å². The molecular formula is C20H17F3O4. The van der Waals surface area contributed by atoms with Crippen molar-refractivity contribution in [2.24, 2.45) is 0 Å². The van der Waals surface area contributed by atoms with Crippen molar-refractivity contribution in [2.45, 2.75) is 37.5 Å². The summed E-state index contributed by atoms with van der Waals surface area (Å²) in [5, 5.41) is 8.96. The average Bonchev–Trinajstić information content (AvgIpc) is 3.18. The van der Waals surface area contributed by atoms with Crippen LogP contribution in [0.2, 0.25) is 0 Å². The van der Waals surface area contributed by atoms with E-state index in [1.165, 1.54) is 6.07 Å². The van der Waals surface area contributed by atoms with Crippen molar-refractivity contribution in [2.75, 3.05) is 6.61 Å². The molecule has 0 spiro atoms. The number of alkyl halides is 3. The van der Waals surface area contributed by atoms with Crippen LogP contribution < -0.4 is 9.47 Å². The van der Waals surface area contributed by atoms with Gasteiger partial charge in [0.15, 0.2) is 0 Å². The zero-order valence-electron chi connectivity index (χ0n) is 14.3. The summed E-state index contributed by atoms with van der Waals surface area (Å²) in [5.41, 5.74) is 1.08. The molecule has 2 aromatic carbocycles. The van der Waals surface area contributed by atoms with Gasteiger partial charge in [0.2, 0.25) is 0 Å². The predicted octanol–water partition coefficient (Wildman–Crippen LogP) is 4.72. The fraction of sp³-hybridized carbons (Fsp3) is 0.350. The highest BCUT2D eigenvalue weighted by Gasteiger charge is 2.38. The zero-order chi connectivity index (χ0) is 19.2. The van der Waals surface area contributed by atoms with Gasteiger partial charge in [-0.3, -0.25) is 4.79 Å². The summed E-state index contributed by atoms with van der Waals surface area (Å²) in [7, 11) is 0. The van der Waals surface area contributed by atoms with Crippen LogP contribution in [0.5, 0.6) is 11.5 Å². The van der Waals surface area contributed by atoms with E-state index < -0.39 is 23.8 Å². The molecule has 27 heavy (non-hydrogen) atoms. The van der Waals surface area contributed by atoms with E-state index in [0.717, 1.165) is 11.6 Å². The molecular weight excluding hydrogens is 361 g/mol. The number of aliphatic carboxylic acids is 1. The second kappa shape index (κ2) is 6.48. The highest BCUT2D eigenvalue weighted by molar-refractivity contribution is 5.68. The Hall–Kier alpha value is -2.70. The third kappa shape index (κ3) is 3.34. The van der Waals surface area contributed by atoms with Crippen molar-refractivity contribution >= 4 is 5.97 Å². The van der Waals surface area contributed by atoms with Gasteiger partial charge < -0.3 is 14.6 Å². The van der Waals surface area contributed by atoms with Gasteiger partial charge in [0.25, 0.3) is 0 Å². The van der Waals surface area contributed by atoms with Crippen LogP contribution in [0.3, 0.4) is 0 Å². The van der Waals surface area contributed by atoms with E-state index in [0.29, 0.717) is 42.1 Å². The first-order chi connectivity index (χ1) is 12.8. The second-order valence-electron chi connectivity index (χ2n) is 6.82. The van der Waals surface area contributed by atoms with Crippen LogP contribution in [0.1, 0.15) is 47.1 Å². The van der Waals surface area contributed by atoms with Crippen LogP contribution in [0, 0.1) is 0 Å². The molecule has 4 nitrogen and oxygen atoms in total. The Kier molecular flexibility index (Phi) is 4.25. The van der Waals surface area contributed by atoms with Gasteiger partial charge in [-0.1, -0.05) is 18.2 Å². The van der Waals surface area contributed by atoms with Crippen LogP contribution in [-0.4, -0.2) is 17.7 Å². The van der Waals surface area contributed by atoms with E-state index in [1.54, 1.807) is 24.3 Å². The second-order valence-corrected chi connectivity index (χ2v) is 6.82. The molecule has 4 rings (SSSR count). The van der Waals surface area contributed by atoms with Crippen LogP contribution in [-0.2, 0) is 17.4 Å². The van der Waals surface area contributed by atoms with Crippen molar-refractivity contribution in [3.63, 3.8) is 0 Å². The van der Waals surface area contributed by atoms with Gasteiger partial charge in [-0.2, -0.15) is 13.2 Å². The SMILES string of the molecule is O=C(O)C[C@@H]1COc2cc(O[C@@H]3CCc4c3cccc4C(F)(F)F)ccc21. The minimum atomic E-state index is -4.37. The summed E-state index contributed by atoms with van der Waals surface area (Å²) in [4.78, 5) is 10.9. The van der Waals surface area contributed by atoms with Crippen LogP contribution >= 0.6 is 0 Å². The Morgan fingerprint density at radius 1 is 1.22 bits per heavy atom. The van der Waals surface area contributed by atoms with Gasteiger partial charge in [0.05, 0.1) is 18.6 Å². The molecule has 2 aromatic rings. The van der Waals surface area contributed by atoms with Gasteiger partial charge in [-0.25, -0.2) is 0 Å². The lowest BCUT2D eigenvalue weighted by atomic mass is 9.98. The number of benzene rings is 2. The Labute approximate surface area is 153 Å². The molecule has 2 aliphatic rings. The molecule has 0 fully saturated rings. The molecule has 0 unspecified atom stereocenters. The Morgan fingerprint density at radius 2 is 2.04 bits per heavy atom. The maximum Gasteiger partial charge on any atom is 0.416 e. The summed E-state index contributed by atoms with van der Waals surface area (Å²) in [6.45, 7) is 0.298. The quantitative estimate of drug-likeness (QED) is 0.836. The van der Waals surface area contributed by atoms with Gasteiger partial charge in [0, 0.05) is 17.5 Å². The predicted molar refractivity (Wildman–Crippen MR) is 90.1 cm³/mol. The number of carboxylic acids is 1. The normalized spacial score (nSPS) is 20.7. The third-order valence-corrected chi connectivity index (χ3v) is 5.09. The highest BCUT2D eigenvalue weighted by atomic mass is 19.4. The summed E-state index contributed by atoms with van der Waals surface area (Å²) in [6, 6.07) is 9.36. The monoisotopic (exact) mass is 378 g/mol. The first-order valence-corrected chi connectivity index (χ1v) is 8.67. The minimum Gasteiger partial charge on any atom is -0.492 e. The fourth-order valence-corrected chi connectivity index (χ4v) is 3.88. The Bertz CT molecular complexity index is 891. The van der Waals surface area contributed by atoms with E-state index in [-0.39, 0.29) is 12.3 Å². The number of carbonyl (C=O) groups is 1. The lowest BCUT2D eigenvalue weighted by molar-refractivity contribution is -0.138. The topological polar surface area (TPSA) is 55.8 Å². The summed E-state index contributed by atoms with van der Waals surface area (Å²) < 4.78 is 51.0. The van der Waals surface area contributed by atoms with E-state index in [2.05, 4.69) is 0 Å². The largest absolute Gasteiger partial charge is 0.492 e. The van der Waals surface area contributed by atoms with Gasteiger partial charge in [-0.05, 0) is 36.1 Å². The number of hydrogen-bond acceptors (Lipinski definition) is 3. The number of ether oxygens (including phenoxy) is 2.